The van der Waals surface area contributed by atoms with E-state index in [0.29, 0.717) is 17.4 Å². The van der Waals surface area contributed by atoms with Crippen molar-refractivity contribution < 1.29 is 8.42 Å². The molecule has 3 nitrogen and oxygen atoms in total. The van der Waals surface area contributed by atoms with Gasteiger partial charge in [0.25, 0.3) is 0 Å². The van der Waals surface area contributed by atoms with Crippen molar-refractivity contribution >= 4 is 9.84 Å². The van der Waals surface area contributed by atoms with Gasteiger partial charge in [-0.25, -0.2) is 8.42 Å². The van der Waals surface area contributed by atoms with Crippen LogP contribution in [-0.4, -0.2) is 26.0 Å². The molecule has 1 aliphatic rings. The fourth-order valence-corrected chi connectivity index (χ4v) is 4.19. The van der Waals surface area contributed by atoms with Gasteiger partial charge in [0.2, 0.25) is 0 Å². The van der Waals surface area contributed by atoms with Crippen molar-refractivity contribution in [2.45, 2.75) is 39.3 Å². The molecule has 0 spiro atoms. The molecule has 1 heterocycles. The molecule has 1 aliphatic heterocycles. The standard InChI is InChI=1S/C15H23NO2S/c1-12(2)9-13-3-5-14(6-4-13)10-16-15-7-8-19(17,18)11-15/h3-6,12,15-16H,7-11H2,1-2H3. The van der Waals surface area contributed by atoms with Crippen LogP contribution in [0.15, 0.2) is 24.3 Å². The second-order valence-electron chi connectivity index (χ2n) is 5.90. The second-order valence-corrected chi connectivity index (χ2v) is 8.12. The van der Waals surface area contributed by atoms with Crippen LogP contribution in [0.25, 0.3) is 0 Å². The minimum atomic E-state index is -2.78. The maximum absolute atomic E-state index is 11.4. The summed E-state index contributed by atoms with van der Waals surface area (Å²) in [7, 11) is -2.78. The average molecular weight is 281 g/mol. The highest BCUT2D eigenvalue weighted by Crippen LogP contribution is 2.13. The summed E-state index contributed by atoms with van der Waals surface area (Å²) in [5.74, 6) is 1.30. The molecule has 0 bridgehead atoms. The van der Waals surface area contributed by atoms with Crippen LogP contribution in [0.4, 0.5) is 0 Å². The first-order valence-corrected chi connectivity index (χ1v) is 8.78. The van der Waals surface area contributed by atoms with Crippen LogP contribution in [0.3, 0.4) is 0 Å². The first-order valence-electron chi connectivity index (χ1n) is 6.96. The lowest BCUT2D eigenvalue weighted by atomic mass is 10.0. The lowest BCUT2D eigenvalue weighted by Crippen LogP contribution is -2.29. The van der Waals surface area contributed by atoms with Gasteiger partial charge in [0, 0.05) is 12.6 Å². The van der Waals surface area contributed by atoms with E-state index in [0.717, 1.165) is 19.4 Å². The van der Waals surface area contributed by atoms with Gasteiger partial charge in [-0.15, -0.1) is 0 Å². The normalized spacial score (nSPS) is 21.9. The van der Waals surface area contributed by atoms with Crippen molar-refractivity contribution in [3.05, 3.63) is 35.4 Å². The maximum Gasteiger partial charge on any atom is 0.151 e. The van der Waals surface area contributed by atoms with E-state index >= 15 is 0 Å². The highest BCUT2D eigenvalue weighted by molar-refractivity contribution is 7.91. The van der Waals surface area contributed by atoms with Crippen LogP contribution < -0.4 is 5.32 Å². The van der Waals surface area contributed by atoms with Crippen molar-refractivity contribution in [3.8, 4) is 0 Å². The Kier molecular flexibility index (Phi) is 4.63. The number of hydrogen-bond donors (Lipinski definition) is 1. The van der Waals surface area contributed by atoms with Gasteiger partial charge >= 0.3 is 0 Å². The summed E-state index contributed by atoms with van der Waals surface area (Å²) in [6.07, 6.45) is 1.85. The zero-order valence-corrected chi connectivity index (χ0v) is 12.5. The summed E-state index contributed by atoms with van der Waals surface area (Å²) in [4.78, 5) is 0. The van der Waals surface area contributed by atoms with E-state index in [2.05, 4.69) is 43.4 Å². The third kappa shape index (κ3) is 4.62. The minimum absolute atomic E-state index is 0.125. The van der Waals surface area contributed by atoms with Crippen molar-refractivity contribution in [1.29, 1.82) is 0 Å². The smallest absolute Gasteiger partial charge is 0.151 e. The number of sulfone groups is 1. The zero-order valence-electron chi connectivity index (χ0n) is 11.7. The molecule has 1 unspecified atom stereocenters. The number of benzene rings is 1. The lowest BCUT2D eigenvalue weighted by Gasteiger charge is -2.11. The van der Waals surface area contributed by atoms with E-state index in [-0.39, 0.29) is 6.04 Å². The van der Waals surface area contributed by atoms with Gasteiger partial charge in [-0.3, -0.25) is 0 Å². The summed E-state index contributed by atoms with van der Waals surface area (Å²) < 4.78 is 22.7. The van der Waals surface area contributed by atoms with Crippen LogP contribution in [0.2, 0.25) is 0 Å². The molecule has 0 amide bonds. The molecule has 0 aliphatic carbocycles. The van der Waals surface area contributed by atoms with Crippen molar-refractivity contribution in [3.63, 3.8) is 0 Å². The monoisotopic (exact) mass is 281 g/mol. The molecule has 106 valence electrons. The predicted octanol–water partition coefficient (Wildman–Crippen LogP) is 2.16. The Labute approximate surface area is 116 Å². The lowest BCUT2D eigenvalue weighted by molar-refractivity contribution is 0.554. The second kappa shape index (κ2) is 6.06. The molecule has 1 aromatic carbocycles. The van der Waals surface area contributed by atoms with Crippen LogP contribution in [-0.2, 0) is 22.8 Å². The molecule has 1 atom stereocenters. The molecule has 2 rings (SSSR count). The Bertz CT molecular complexity index is 505. The van der Waals surface area contributed by atoms with E-state index in [1.165, 1.54) is 11.1 Å². The predicted molar refractivity (Wildman–Crippen MR) is 78.9 cm³/mol. The fourth-order valence-electron chi connectivity index (χ4n) is 2.48. The van der Waals surface area contributed by atoms with Gasteiger partial charge in [0.1, 0.15) is 0 Å². The largest absolute Gasteiger partial charge is 0.309 e. The van der Waals surface area contributed by atoms with Gasteiger partial charge in [-0.2, -0.15) is 0 Å². The van der Waals surface area contributed by atoms with Gasteiger partial charge in [0.15, 0.2) is 9.84 Å². The molecule has 1 N–H and O–H groups in total. The highest BCUT2D eigenvalue weighted by atomic mass is 32.2. The summed E-state index contributed by atoms with van der Waals surface area (Å²) in [5, 5.41) is 3.33. The Hall–Kier alpha value is -0.870. The Balaban J connectivity index is 1.83. The van der Waals surface area contributed by atoms with E-state index in [9.17, 15) is 8.42 Å². The minimum Gasteiger partial charge on any atom is -0.309 e. The summed E-state index contributed by atoms with van der Waals surface area (Å²) in [6.45, 7) is 5.19. The molecule has 0 saturated carbocycles. The van der Waals surface area contributed by atoms with Gasteiger partial charge in [-0.1, -0.05) is 38.1 Å². The van der Waals surface area contributed by atoms with Gasteiger partial charge in [-0.05, 0) is 29.9 Å². The number of hydrogen-bond acceptors (Lipinski definition) is 3. The Morgan fingerprint density at radius 2 is 1.84 bits per heavy atom. The number of nitrogens with one attached hydrogen (secondary N) is 1. The molecular formula is C15H23NO2S. The van der Waals surface area contributed by atoms with Gasteiger partial charge in [0.05, 0.1) is 11.5 Å². The third-order valence-corrected chi connectivity index (χ3v) is 5.26. The fraction of sp³-hybridized carbons (Fsp3) is 0.600. The van der Waals surface area contributed by atoms with E-state index in [1.807, 2.05) is 0 Å². The molecule has 1 saturated heterocycles. The van der Waals surface area contributed by atoms with Gasteiger partial charge < -0.3 is 5.32 Å². The molecule has 0 radical (unpaired) electrons. The first-order chi connectivity index (χ1) is 8.94. The van der Waals surface area contributed by atoms with Crippen molar-refractivity contribution in [2.24, 2.45) is 5.92 Å². The maximum atomic E-state index is 11.4. The van der Waals surface area contributed by atoms with Crippen LogP contribution in [0.1, 0.15) is 31.4 Å². The molecule has 0 aromatic heterocycles. The number of rotatable bonds is 5. The quantitative estimate of drug-likeness (QED) is 0.899. The molecule has 4 heteroatoms. The topological polar surface area (TPSA) is 46.2 Å². The Morgan fingerprint density at radius 1 is 1.21 bits per heavy atom. The van der Waals surface area contributed by atoms with Crippen molar-refractivity contribution in [2.75, 3.05) is 11.5 Å². The van der Waals surface area contributed by atoms with E-state index < -0.39 is 9.84 Å². The molecular weight excluding hydrogens is 258 g/mol. The zero-order chi connectivity index (χ0) is 13.9. The Morgan fingerprint density at radius 3 is 2.37 bits per heavy atom. The van der Waals surface area contributed by atoms with E-state index in [4.69, 9.17) is 0 Å². The molecule has 19 heavy (non-hydrogen) atoms. The molecule has 1 aromatic rings. The summed E-state index contributed by atoms with van der Waals surface area (Å²) in [5.41, 5.74) is 2.58. The SMILES string of the molecule is CC(C)Cc1ccc(CNC2CCS(=O)(=O)C2)cc1. The van der Waals surface area contributed by atoms with Crippen LogP contribution in [0.5, 0.6) is 0 Å². The average Bonchev–Trinajstić information content (AvgIpc) is 2.67. The summed E-state index contributed by atoms with van der Waals surface area (Å²) in [6, 6.07) is 8.73. The third-order valence-electron chi connectivity index (χ3n) is 3.49. The van der Waals surface area contributed by atoms with Crippen LogP contribution >= 0.6 is 0 Å². The van der Waals surface area contributed by atoms with Crippen molar-refractivity contribution in [1.82, 2.24) is 5.32 Å². The highest BCUT2D eigenvalue weighted by Gasteiger charge is 2.27. The molecule has 1 fully saturated rings. The first kappa shape index (κ1) is 14.5. The van der Waals surface area contributed by atoms with E-state index in [1.54, 1.807) is 0 Å². The van der Waals surface area contributed by atoms with Crippen LogP contribution in [0, 0.1) is 5.92 Å². The summed E-state index contributed by atoms with van der Waals surface area (Å²) >= 11 is 0.